The van der Waals surface area contributed by atoms with Gasteiger partial charge in [-0.3, -0.25) is 4.79 Å². The number of carbonyl (C=O) groups is 1. The fourth-order valence-corrected chi connectivity index (χ4v) is 3.33. The van der Waals surface area contributed by atoms with Crippen molar-refractivity contribution in [1.29, 1.82) is 0 Å². The number of aromatic nitrogens is 4. The van der Waals surface area contributed by atoms with Gasteiger partial charge in [-0.2, -0.15) is 4.98 Å². The van der Waals surface area contributed by atoms with E-state index in [1.54, 1.807) is 13.3 Å². The molecule has 4 rings (SSSR count). The van der Waals surface area contributed by atoms with Gasteiger partial charge >= 0.3 is 0 Å². The highest BCUT2D eigenvalue weighted by Gasteiger charge is 2.32. The molecule has 3 heterocycles. The van der Waals surface area contributed by atoms with Gasteiger partial charge in [0.15, 0.2) is 5.82 Å². The van der Waals surface area contributed by atoms with E-state index < -0.39 is 0 Å². The number of aryl methyl sites for hydroxylation is 2. The van der Waals surface area contributed by atoms with Crippen LogP contribution in [0.5, 0.6) is 0 Å². The second-order valence-electron chi connectivity index (χ2n) is 6.09. The van der Waals surface area contributed by atoms with Crippen molar-refractivity contribution < 1.29 is 9.32 Å². The second-order valence-corrected chi connectivity index (χ2v) is 6.09. The number of benzene rings is 1. The molecule has 2 aromatic heterocycles. The average molecular weight is 325 g/mol. The van der Waals surface area contributed by atoms with Gasteiger partial charge in [0.1, 0.15) is 0 Å². The van der Waals surface area contributed by atoms with Gasteiger partial charge in [0.2, 0.25) is 11.8 Å². The summed E-state index contributed by atoms with van der Waals surface area (Å²) < 4.78 is 7.09. The molecular formula is C17H19N5O2. The highest BCUT2D eigenvalue weighted by Crippen LogP contribution is 2.30. The number of fused-ring (bicyclic) bond motifs is 1. The third-order valence-corrected chi connectivity index (χ3v) is 4.51. The number of hydrogen-bond acceptors (Lipinski definition) is 5. The third-order valence-electron chi connectivity index (χ3n) is 4.51. The summed E-state index contributed by atoms with van der Waals surface area (Å²) in [4.78, 5) is 23.2. The zero-order chi connectivity index (χ0) is 16.5. The number of para-hydroxylation sites is 2. The normalized spacial score (nSPS) is 17.7. The molecule has 1 amide bonds. The molecule has 0 N–H and O–H groups in total. The molecule has 1 saturated heterocycles. The van der Waals surface area contributed by atoms with E-state index >= 15 is 0 Å². The van der Waals surface area contributed by atoms with E-state index in [4.69, 9.17) is 4.52 Å². The zero-order valence-electron chi connectivity index (χ0n) is 13.6. The zero-order valence-corrected chi connectivity index (χ0v) is 13.6. The Hall–Kier alpha value is -2.70. The summed E-state index contributed by atoms with van der Waals surface area (Å²) in [7, 11) is 0. The molecular weight excluding hydrogens is 306 g/mol. The van der Waals surface area contributed by atoms with Crippen LogP contribution in [0.15, 0.2) is 35.1 Å². The molecule has 1 atom stereocenters. The average Bonchev–Trinajstić information content (AvgIpc) is 3.31. The Morgan fingerprint density at radius 1 is 1.38 bits per heavy atom. The van der Waals surface area contributed by atoms with Gasteiger partial charge in [-0.15, -0.1) is 0 Å². The third kappa shape index (κ3) is 2.66. The number of nitrogens with zero attached hydrogens (tertiary/aromatic N) is 5. The first-order valence-corrected chi connectivity index (χ1v) is 8.22. The fourth-order valence-electron chi connectivity index (χ4n) is 3.33. The highest BCUT2D eigenvalue weighted by molar-refractivity contribution is 5.78. The standard InChI is InChI=1S/C17H19N5O2/c1-12-19-17(20-24-12)15-7-4-9-22(15)16(23)8-10-21-11-18-13-5-2-3-6-14(13)21/h2-3,5-6,11,15H,4,7-10H2,1H3. The molecule has 0 aliphatic carbocycles. The minimum Gasteiger partial charge on any atom is -0.340 e. The van der Waals surface area contributed by atoms with Gasteiger partial charge in [0, 0.05) is 26.4 Å². The van der Waals surface area contributed by atoms with Crippen molar-refractivity contribution in [2.24, 2.45) is 0 Å². The Morgan fingerprint density at radius 3 is 3.08 bits per heavy atom. The fraction of sp³-hybridized carbons (Fsp3) is 0.412. The van der Waals surface area contributed by atoms with E-state index in [2.05, 4.69) is 15.1 Å². The molecule has 7 heteroatoms. The predicted octanol–water partition coefficient (Wildman–Crippen LogP) is 2.48. The summed E-state index contributed by atoms with van der Waals surface area (Å²) in [6.45, 7) is 3.14. The molecule has 1 aliphatic rings. The van der Waals surface area contributed by atoms with E-state index in [1.165, 1.54) is 0 Å². The Bertz CT molecular complexity index is 869. The molecule has 3 aromatic rings. The number of amides is 1. The van der Waals surface area contributed by atoms with Crippen LogP contribution in [0, 0.1) is 6.92 Å². The molecule has 7 nitrogen and oxygen atoms in total. The maximum Gasteiger partial charge on any atom is 0.224 e. The number of rotatable bonds is 4. The Balaban J connectivity index is 1.45. The van der Waals surface area contributed by atoms with Crippen LogP contribution >= 0.6 is 0 Å². The predicted molar refractivity (Wildman–Crippen MR) is 87.1 cm³/mol. The van der Waals surface area contributed by atoms with Crippen molar-refractivity contribution in [2.75, 3.05) is 6.54 Å². The van der Waals surface area contributed by atoms with Crippen molar-refractivity contribution in [3.63, 3.8) is 0 Å². The molecule has 1 fully saturated rings. The summed E-state index contributed by atoms with van der Waals surface area (Å²) in [5, 5.41) is 3.99. The topological polar surface area (TPSA) is 77.1 Å². The maximum atomic E-state index is 12.7. The van der Waals surface area contributed by atoms with Crippen LogP contribution in [0.2, 0.25) is 0 Å². The van der Waals surface area contributed by atoms with Crippen LogP contribution in [0.1, 0.15) is 37.0 Å². The van der Waals surface area contributed by atoms with Crippen LogP contribution in [0.4, 0.5) is 0 Å². The first-order chi connectivity index (χ1) is 11.7. The molecule has 0 bridgehead atoms. The van der Waals surface area contributed by atoms with E-state index in [0.717, 1.165) is 30.4 Å². The van der Waals surface area contributed by atoms with Crippen molar-refractivity contribution in [3.05, 3.63) is 42.3 Å². The van der Waals surface area contributed by atoms with Gasteiger partial charge in [-0.1, -0.05) is 17.3 Å². The quantitative estimate of drug-likeness (QED) is 0.736. The lowest BCUT2D eigenvalue weighted by Gasteiger charge is -2.22. The van der Waals surface area contributed by atoms with E-state index in [-0.39, 0.29) is 11.9 Å². The molecule has 1 aliphatic heterocycles. The molecule has 0 radical (unpaired) electrons. The Labute approximate surface area is 139 Å². The lowest BCUT2D eigenvalue weighted by Crippen LogP contribution is -2.31. The van der Waals surface area contributed by atoms with Crippen molar-refractivity contribution in [2.45, 2.75) is 38.8 Å². The van der Waals surface area contributed by atoms with Crippen molar-refractivity contribution >= 4 is 16.9 Å². The van der Waals surface area contributed by atoms with Crippen molar-refractivity contribution in [1.82, 2.24) is 24.6 Å². The maximum absolute atomic E-state index is 12.7. The minimum atomic E-state index is -0.0607. The monoisotopic (exact) mass is 325 g/mol. The highest BCUT2D eigenvalue weighted by atomic mass is 16.5. The summed E-state index contributed by atoms with van der Waals surface area (Å²) >= 11 is 0. The van der Waals surface area contributed by atoms with Gasteiger partial charge in [0.25, 0.3) is 0 Å². The van der Waals surface area contributed by atoms with Gasteiger partial charge in [-0.25, -0.2) is 4.98 Å². The summed E-state index contributed by atoms with van der Waals surface area (Å²) in [5.74, 6) is 1.28. The second kappa shape index (κ2) is 6.07. The Morgan fingerprint density at radius 2 is 2.25 bits per heavy atom. The molecule has 1 aromatic carbocycles. The SMILES string of the molecule is Cc1nc(C2CCCN2C(=O)CCn2cnc3ccccc32)no1. The minimum absolute atomic E-state index is 0.0607. The molecule has 124 valence electrons. The summed E-state index contributed by atoms with van der Waals surface area (Å²) in [5.41, 5.74) is 2.00. The molecule has 0 saturated carbocycles. The van der Waals surface area contributed by atoms with Crippen LogP contribution < -0.4 is 0 Å². The largest absolute Gasteiger partial charge is 0.340 e. The first-order valence-electron chi connectivity index (χ1n) is 8.22. The van der Waals surface area contributed by atoms with Crippen molar-refractivity contribution in [3.8, 4) is 0 Å². The van der Waals surface area contributed by atoms with Gasteiger partial charge < -0.3 is 14.0 Å². The van der Waals surface area contributed by atoms with E-state index in [9.17, 15) is 4.79 Å². The lowest BCUT2D eigenvalue weighted by molar-refractivity contribution is -0.132. The van der Waals surface area contributed by atoms with Crippen LogP contribution in [0.25, 0.3) is 11.0 Å². The number of hydrogen-bond donors (Lipinski definition) is 0. The van der Waals surface area contributed by atoms with Gasteiger partial charge in [-0.05, 0) is 25.0 Å². The number of likely N-dealkylation sites (tertiary alicyclic amines) is 1. The van der Waals surface area contributed by atoms with Crippen LogP contribution in [-0.2, 0) is 11.3 Å². The molecule has 1 unspecified atom stereocenters. The molecule has 24 heavy (non-hydrogen) atoms. The van der Waals surface area contributed by atoms with Crippen LogP contribution in [0.3, 0.4) is 0 Å². The Kier molecular flexibility index (Phi) is 3.76. The van der Waals surface area contributed by atoms with Crippen LogP contribution in [-0.4, -0.2) is 37.0 Å². The number of carbonyl (C=O) groups excluding carboxylic acids is 1. The summed E-state index contributed by atoms with van der Waals surface area (Å²) in [6, 6.07) is 7.88. The van der Waals surface area contributed by atoms with Gasteiger partial charge in [0.05, 0.1) is 23.4 Å². The van der Waals surface area contributed by atoms with E-state index in [0.29, 0.717) is 24.7 Å². The lowest BCUT2D eigenvalue weighted by atomic mass is 10.2. The smallest absolute Gasteiger partial charge is 0.224 e. The summed E-state index contributed by atoms with van der Waals surface area (Å²) in [6.07, 6.45) is 4.09. The van der Waals surface area contributed by atoms with E-state index in [1.807, 2.05) is 33.7 Å². The number of imidazole rings is 1. The first kappa shape index (κ1) is 14.9. The molecule has 0 spiro atoms.